The Kier molecular flexibility index (Phi) is 5.95. The van der Waals surface area contributed by atoms with E-state index < -0.39 is 0 Å². The lowest BCUT2D eigenvalue weighted by Gasteiger charge is -2.22. The first-order valence-electron chi connectivity index (χ1n) is 11.7. The molecule has 6 nitrogen and oxygen atoms in total. The Balaban J connectivity index is 1.40. The van der Waals surface area contributed by atoms with Crippen molar-refractivity contribution in [1.82, 2.24) is 20.4 Å². The molecule has 0 aliphatic heterocycles. The van der Waals surface area contributed by atoms with E-state index in [0.717, 1.165) is 56.1 Å². The number of rotatable bonds is 6. The second-order valence-electron chi connectivity index (χ2n) is 9.08. The van der Waals surface area contributed by atoms with Gasteiger partial charge in [0, 0.05) is 0 Å². The lowest BCUT2D eigenvalue weighted by Crippen LogP contribution is -2.31. The number of nitrogens with zero attached hydrogens (tertiary/aromatic N) is 2. The van der Waals surface area contributed by atoms with E-state index in [-0.39, 0.29) is 18.4 Å². The van der Waals surface area contributed by atoms with Gasteiger partial charge in [-0.3, -0.25) is 4.79 Å². The smallest absolute Gasteiger partial charge is 0.225 e. The summed E-state index contributed by atoms with van der Waals surface area (Å²) in [5.74, 6) is 1.40. The molecule has 176 valence electrons. The Morgan fingerprint density at radius 3 is 2.51 bits per heavy atom. The van der Waals surface area contributed by atoms with Gasteiger partial charge in [0.15, 0.2) is 0 Å². The number of amides is 1. The zero-order valence-corrected chi connectivity index (χ0v) is 20.3. The SMILES string of the molecule is Cc1ccc(C(NC(=O)Cc2ccc3nc(-c4c(C)noc4C)[nH]c3c2)c2ccccc2)c(C)c1. The molecule has 0 bridgehead atoms. The molecule has 5 aromatic rings. The normalized spacial score (nSPS) is 12.1. The number of hydrogen-bond acceptors (Lipinski definition) is 4. The van der Waals surface area contributed by atoms with Crippen molar-refractivity contribution >= 4 is 16.9 Å². The van der Waals surface area contributed by atoms with Gasteiger partial charge in [0.25, 0.3) is 0 Å². The quantitative estimate of drug-likeness (QED) is 0.328. The maximum atomic E-state index is 13.2. The van der Waals surface area contributed by atoms with Crippen LogP contribution in [0.2, 0.25) is 0 Å². The zero-order chi connectivity index (χ0) is 24.5. The summed E-state index contributed by atoms with van der Waals surface area (Å²) in [6, 6.07) is 22.1. The molecular weight excluding hydrogens is 436 g/mol. The van der Waals surface area contributed by atoms with E-state index in [4.69, 9.17) is 4.52 Å². The number of aromatic nitrogens is 3. The van der Waals surface area contributed by atoms with Crippen molar-refractivity contribution in [3.8, 4) is 11.4 Å². The van der Waals surface area contributed by atoms with E-state index in [2.05, 4.69) is 64.6 Å². The van der Waals surface area contributed by atoms with Crippen LogP contribution < -0.4 is 5.32 Å². The van der Waals surface area contributed by atoms with Crippen molar-refractivity contribution in [3.63, 3.8) is 0 Å². The van der Waals surface area contributed by atoms with Crippen molar-refractivity contribution in [2.24, 2.45) is 0 Å². The van der Waals surface area contributed by atoms with E-state index in [1.165, 1.54) is 5.56 Å². The van der Waals surface area contributed by atoms with Crippen LogP contribution in [0.4, 0.5) is 0 Å². The van der Waals surface area contributed by atoms with Crippen LogP contribution in [0.15, 0.2) is 71.3 Å². The third kappa shape index (κ3) is 4.60. The van der Waals surface area contributed by atoms with Gasteiger partial charge in [0.05, 0.1) is 34.8 Å². The number of fused-ring (bicyclic) bond motifs is 1. The highest BCUT2D eigenvalue weighted by molar-refractivity contribution is 5.84. The predicted octanol–water partition coefficient (Wildman–Crippen LogP) is 5.90. The van der Waals surface area contributed by atoms with Crippen LogP contribution >= 0.6 is 0 Å². The summed E-state index contributed by atoms with van der Waals surface area (Å²) in [6.45, 7) is 7.94. The van der Waals surface area contributed by atoms with Gasteiger partial charge in [0.2, 0.25) is 5.91 Å². The first-order chi connectivity index (χ1) is 16.9. The number of aromatic amines is 1. The minimum absolute atomic E-state index is 0.0383. The summed E-state index contributed by atoms with van der Waals surface area (Å²) >= 11 is 0. The third-order valence-electron chi connectivity index (χ3n) is 6.36. The van der Waals surface area contributed by atoms with Crippen LogP contribution in [-0.4, -0.2) is 21.0 Å². The Bertz CT molecular complexity index is 1500. The maximum absolute atomic E-state index is 13.2. The fourth-order valence-corrected chi connectivity index (χ4v) is 4.64. The molecule has 1 amide bonds. The molecule has 0 spiro atoms. The first-order valence-corrected chi connectivity index (χ1v) is 11.7. The van der Waals surface area contributed by atoms with Crippen molar-refractivity contribution in [2.75, 3.05) is 0 Å². The molecule has 0 fully saturated rings. The Hall–Kier alpha value is -4.19. The molecule has 0 aliphatic rings. The van der Waals surface area contributed by atoms with Gasteiger partial charge < -0.3 is 14.8 Å². The summed E-state index contributed by atoms with van der Waals surface area (Å²) in [6.07, 6.45) is 0.268. The van der Waals surface area contributed by atoms with Crippen molar-refractivity contribution in [3.05, 3.63) is 106 Å². The standard InChI is InChI=1S/C29H28N4O2/c1-17-10-12-23(18(2)14-17)28(22-8-6-5-7-9-22)32-26(34)16-21-11-13-24-25(15-21)31-29(30-24)27-19(3)33-35-20(27)4/h5-15,28H,16H2,1-4H3,(H,30,31)(H,32,34). The topological polar surface area (TPSA) is 83.8 Å². The monoisotopic (exact) mass is 464 g/mol. The van der Waals surface area contributed by atoms with Crippen LogP contribution in [0.1, 0.15) is 45.3 Å². The summed E-state index contributed by atoms with van der Waals surface area (Å²) in [5.41, 5.74) is 8.80. The third-order valence-corrected chi connectivity index (χ3v) is 6.36. The number of imidazole rings is 1. The molecule has 3 aromatic carbocycles. The van der Waals surface area contributed by atoms with Crippen LogP contribution in [-0.2, 0) is 11.2 Å². The van der Waals surface area contributed by atoms with Gasteiger partial charge in [-0.15, -0.1) is 0 Å². The highest BCUT2D eigenvalue weighted by atomic mass is 16.5. The van der Waals surface area contributed by atoms with Gasteiger partial charge in [-0.1, -0.05) is 65.3 Å². The Morgan fingerprint density at radius 2 is 1.80 bits per heavy atom. The second-order valence-corrected chi connectivity index (χ2v) is 9.08. The number of H-pyrrole nitrogens is 1. The summed E-state index contributed by atoms with van der Waals surface area (Å²) < 4.78 is 5.28. The lowest BCUT2D eigenvalue weighted by atomic mass is 9.93. The van der Waals surface area contributed by atoms with E-state index in [1.807, 2.05) is 50.2 Å². The molecule has 0 aliphatic carbocycles. The minimum Gasteiger partial charge on any atom is -0.361 e. The number of nitrogens with one attached hydrogen (secondary N) is 2. The number of aryl methyl sites for hydroxylation is 4. The van der Waals surface area contributed by atoms with E-state index in [1.54, 1.807) is 0 Å². The largest absolute Gasteiger partial charge is 0.361 e. The number of hydrogen-bond donors (Lipinski definition) is 2. The molecule has 2 aromatic heterocycles. The van der Waals surface area contributed by atoms with Crippen LogP contribution in [0, 0.1) is 27.7 Å². The average Bonchev–Trinajstić information content (AvgIpc) is 3.40. The average molecular weight is 465 g/mol. The summed E-state index contributed by atoms with van der Waals surface area (Å²) in [7, 11) is 0. The van der Waals surface area contributed by atoms with Gasteiger partial charge in [-0.25, -0.2) is 4.98 Å². The Morgan fingerprint density at radius 1 is 1.00 bits per heavy atom. The molecule has 0 saturated carbocycles. The first kappa shape index (κ1) is 22.6. The fraction of sp³-hybridized carbons (Fsp3) is 0.207. The molecule has 2 N–H and O–H groups in total. The van der Waals surface area contributed by atoms with Crippen molar-refractivity contribution in [1.29, 1.82) is 0 Å². The van der Waals surface area contributed by atoms with Crippen LogP contribution in [0.25, 0.3) is 22.4 Å². The molecule has 1 unspecified atom stereocenters. The molecule has 0 saturated heterocycles. The van der Waals surface area contributed by atoms with Crippen LogP contribution in [0.3, 0.4) is 0 Å². The van der Waals surface area contributed by atoms with Gasteiger partial charge in [0.1, 0.15) is 11.6 Å². The molecule has 6 heteroatoms. The highest BCUT2D eigenvalue weighted by Crippen LogP contribution is 2.28. The maximum Gasteiger partial charge on any atom is 0.225 e. The van der Waals surface area contributed by atoms with Gasteiger partial charge in [-0.2, -0.15) is 0 Å². The minimum atomic E-state index is -0.216. The van der Waals surface area contributed by atoms with Crippen molar-refractivity contribution in [2.45, 2.75) is 40.2 Å². The lowest BCUT2D eigenvalue weighted by molar-refractivity contribution is -0.120. The number of carbonyl (C=O) groups excluding carboxylic acids is 1. The number of benzene rings is 3. The van der Waals surface area contributed by atoms with Crippen molar-refractivity contribution < 1.29 is 9.32 Å². The zero-order valence-electron chi connectivity index (χ0n) is 20.3. The molecule has 0 radical (unpaired) electrons. The molecule has 2 heterocycles. The van der Waals surface area contributed by atoms with E-state index >= 15 is 0 Å². The second kappa shape index (κ2) is 9.22. The predicted molar refractivity (Wildman–Crippen MR) is 137 cm³/mol. The van der Waals surface area contributed by atoms with Crippen LogP contribution in [0.5, 0.6) is 0 Å². The molecule has 5 rings (SSSR count). The highest BCUT2D eigenvalue weighted by Gasteiger charge is 2.20. The van der Waals surface area contributed by atoms with E-state index in [9.17, 15) is 4.79 Å². The number of carbonyl (C=O) groups is 1. The van der Waals surface area contributed by atoms with Gasteiger partial charge in [-0.05, 0) is 62.1 Å². The summed E-state index contributed by atoms with van der Waals surface area (Å²) in [4.78, 5) is 21.2. The van der Waals surface area contributed by atoms with Gasteiger partial charge >= 0.3 is 0 Å². The Labute approximate surface area is 204 Å². The molecule has 1 atom stereocenters. The summed E-state index contributed by atoms with van der Waals surface area (Å²) in [5, 5.41) is 7.28. The van der Waals surface area contributed by atoms with E-state index in [0.29, 0.717) is 0 Å². The fourth-order valence-electron chi connectivity index (χ4n) is 4.64. The molecule has 35 heavy (non-hydrogen) atoms. The molecular formula is C29H28N4O2.